The van der Waals surface area contributed by atoms with E-state index in [0.717, 1.165) is 74.3 Å². The lowest BCUT2D eigenvalue weighted by Crippen LogP contribution is -2.48. The lowest BCUT2D eigenvalue weighted by molar-refractivity contribution is 0.0982. The van der Waals surface area contributed by atoms with E-state index in [1.165, 1.54) is 30.4 Å². The Bertz CT molecular complexity index is 1420. The number of pyridine rings is 1. The zero-order chi connectivity index (χ0) is 25.9. The predicted molar refractivity (Wildman–Crippen MR) is 149 cm³/mol. The first-order valence-electron chi connectivity index (χ1n) is 14.1. The van der Waals surface area contributed by atoms with E-state index >= 15 is 0 Å². The molecule has 2 aliphatic rings. The first-order valence-corrected chi connectivity index (χ1v) is 14.1. The maximum absolute atomic E-state index is 13.6. The molecule has 1 aliphatic carbocycles. The lowest BCUT2D eigenvalue weighted by Gasteiger charge is -2.39. The molecule has 198 valence electrons. The fourth-order valence-electron chi connectivity index (χ4n) is 6.18. The zero-order valence-electron chi connectivity index (χ0n) is 22.2. The molecular formula is C30H37N7O. The van der Waals surface area contributed by atoms with Crippen LogP contribution in [0.2, 0.25) is 0 Å². The monoisotopic (exact) mass is 511 g/mol. The van der Waals surface area contributed by atoms with Gasteiger partial charge in [0.25, 0.3) is 5.56 Å². The van der Waals surface area contributed by atoms with Gasteiger partial charge in [-0.1, -0.05) is 62.6 Å². The SMILES string of the molecule is CCc1ccc2[nH]c(=O)c([C@@H](c3nnnn3C3CCCCC3)N3CCN(Cc4ccccc4)CC3)cc2c1. The maximum Gasteiger partial charge on any atom is 0.253 e. The highest BCUT2D eigenvalue weighted by Crippen LogP contribution is 2.33. The number of hydrogen-bond donors (Lipinski definition) is 1. The number of rotatable bonds is 7. The van der Waals surface area contributed by atoms with Crippen LogP contribution in [0, 0.1) is 0 Å². The normalized spacial score (nSPS) is 18.7. The van der Waals surface area contributed by atoms with Crippen LogP contribution in [0.15, 0.2) is 59.4 Å². The minimum atomic E-state index is -0.288. The number of nitrogens with one attached hydrogen (secondary N) is 1. The predicted octanol–water partition coefficient (Wildman–Crippen LogP) is 4.49. The maximum atomic E-state index is 13.6. The second-order valence-corrected chi connectivity index (χ2v) is 10.8. The third kappa shape index (κ3) is 5.15. The van der Waals surface area contributed by atoms with Crippen molar-refractivity contribution in [2.45, 2.75) is 64.1 Å². The number of hydrogen-bond acceptors (Lipinski definition) is 6. The van der Waals surface area contributed by atoms with Crippen LogP contribution in [-0.4, -0.2) is 61.2 Å². The van der Waals surface area contributed by atoms with Crippen LogP contribution in [0.25, 0.3) is 10.9 Å². The van der Waals surface area contributed by atoms with Crippen LogP contribution in [-0.2, 0) is 13.0 Å². The Balaban J connectivity index is 1.35. The average Bonchev–Trinajstić information content (AvgIpc) is 3.45. The number of aromatic amines is 1. The van der Waals surface area contributed by atoms with Crippen LogP contribution >= 0.6 is 0 Å². The molecule has 2 aromatic carbocycles. The first kappa shape index (κ1) is 24.9. The molecule has 2 aromatic heterocycles. The van der Waals surface area contributed by atoms with Gasteiger partial charge in [-0.3, -0.25) is 14.6 Å². The third-order valence-corrected chi connectivity index (χ3v) is 8.34. The molecule has 0 bridgehead atoms. The smallest absolute Gasteiger partial charge is 0.253 e. The summed E-state index contributed by atoms with van der Waals surface area (Å²) in [6.45, 7) is 6.66. The third-order valence-electron chi connectivity index (χ3n) is 8.34. The summed E-state index contributed by atoms with van der Waals surface area (Å²) >= 11 is 0. The van der Waals surface area contributed by atoms with Crippen molar-refractivity contribution in [2.24, 2.45) is 0 Å². The van der Waals surface area contributed by atoms with Gasteiger partial charge in [-0.25, -0.2) is 4.68 Å². The number of nitrogens with zero attached hydrogens (tertiary/aromatic N) is 6. The second-order valence-electron chi connectivity index (χ2n) is 10.8. The molecule has 4 aromatic rings. The van der Waals surface area contributed by atoms with Gasteiger partial charge in [-0.15, -0.1) is 5.10 Å². The first-order chi connectivity index (χ1) is 18.7. The van der Waals surface area contributed by atoms with Crippen LogP contribution in [0.4, 0.5) is 0 Å². The van der Waals surface area contributed by atoms with Crippen molar-refractivity contribution < 1.29 is 0 Å². The number of H-pyrrole nitrogens is 1. The van der Waals surface area contributed by atoms with Gasteiger partial charge in [-0.2, -0.15) is 0 Å². The van der Waals surface area contributed by atoms with E-state index in [-0.39, 0.29) is 11.6 Å². The molecule has 6 rings (SSSR count). The van der Waals surface area contributed by atoms with Crippen LogP contribution < -0.4 is 5.56 Å². The van der Waals surface area contributed by atoms with E-state index < -0.39 is 0 Å². The van der Waals surface area contributed by atoms with Crippen molar-refractivity contribution in [1.29, 1.82) is 0 Å². The molecule has 1 N–H and O–H groups in total. The summed E-state index contributed by atoms with van der Waals surface area (Å²) in [5.74, 6) is 0.796. The highest BCUT2D eigenvalue weighted by Gasteiger charge is 2.34. The zero-order valence-corrected chi connectivity index (χ0v) is 22.2. The van der Waals surface area contributed by atoms with E-state index in [9.17, 15) is 4.79 Å². The summed E-state index contributed by atoms with van der Waals surface area (Å²) in [6.07, 6.45) is 6.79. The number of piperazine rings is 1. The van der Waals surface area contributed by atoms with Gasteiger partial charge in [-0.05, 0) is 64.4 Å². The number of fused-ring (bicyclic) bond motifs is 1. The molecule has 1 saturated carbocycles. The topological polar surface area (TPSA) is 82.9 Å². The quantitative estimate of drug-likeness (QED) is 0.394. The molecule has 1 aliphatic heterocycles. The highest BCUT2D eigenvalue weighted by atomic mass is 16.1. The fourth-order valence-corrected chi connectivity index (χ4v) is 6.18. The van der Waals surface area contributed by atoms with Gasteiger partial charge < -0.3 is 4.98 Å². The largest absolute Gasteiger partial charge is 0.322 e. The summed E-state index contributed by atoms with van der Waals surface area (Å²) in [5.41, 5.74) is 4.13. The van der Waals surface area contributed by atoms with Crippen molar-refractivity contribution in [2.75, 3.05) is 26.2 Å². The van der Waals surface area contributed by atoms with Gasteiger partial charge in [0.05, 0.1) is 6.04 Å². The Kier molecular flexibility index (Phi) is 7.33. The molecule has 8 nitrogen and oxygen atoms in total. The molecule has 38 heavy (non-hydrogen) atoms. The van der Waals surface area contributed by atoms with E-state index in [0.29, 0.717) is 6.04 Å². The van der Waals surface area contributed by atoms with E-state index in [1.54, 1.807) is 0 Å². The van der Waals surface area contributed by atoms with Crippen molar-refractivity contribution in [1.82, 2.24) is 35.0 Å². The molecule has 2 fully saturated rings. The summed E-state index contributed by atoms with van der Waals surface area (Å²) in [7, 11) is 0. The summed E-state index contributed by atoms with van der Waals surface area (Å²) < 4.78 is 2.03. The van der Waals surface area contributed by atoms with Crippen molar-refractivity contribution in [3.8, 4) is 0 Å². The van der Waals surface area contributed by atoms with Crippen LogP contribution in [0.3, 0.4) is 0 Å². The Labute approximate surface area is 223 Å². The minimum absolute atomic E-state index is 0.0587. The minimum Gasteiger partial charge on any atom is -0.322 e. The van der Waals surface area contributed by atoms with Gasteiger partial charge in [0.2, 0.25) is 0 Å². The van der Waals surface area contributed by atoms with Gasteiger partial charge in [0.1, 0.15) is 6.04 Å². The van der Waals surface area contributed by atoms with E-state index in [2.05, 4.69) is 85.8 Å². The highest BCUT2D eigenvalue weighted by molar-refractivity contribution is 5.80. The Morgan fingerprint density at radius 2 is 1.74 bits per heavy atom. The van der Waals surface area contributed by atoms with Gasteiger partial charge in [0.15, 0.2) is 5.82 Å². The Hall–Kier alpha value is -3.36. The molecule has 0 radical (unpaired) electrons. The van der Waals surface area contributed by atoms with Crippen molar-refractivity contribution >= 4 is 10.9 Å². The summed E-state index contributed by atoms with van der Waals surface area (Å²) in [4.78, 5) is 21.7. The van der Waals surface area contributed by atoms with E-state index in [1.807, 2.05) is 10.7 Å². The standard InChI is InChI=1S/C30H37N7O/c1-2-22-13-14-27-24(19-22)20-26(30(38)31-27)28(29-32-33-34-37(29)25-11-7-4-8-12-25)36-17-15-35(16-18-36)21-23-9-5-3-6-10-23/h3,5-6,9-10,13-14,19-20,25,28H,2,4,7-8,11-12,15-18,21H2,1H3,(H,31,38)/t28-/m0/s1. The Morgan fingerprint density at radius 3 is 2.50 bits per heavy atom. The average molecular weight is 512 g/mol. The van der Waals surface area contributed by atoms with Crippen LogP contribution in [0.5, 0.6) is 0 Å². The van der Waals surface area contributed by atoms with E-state index in [4.69, 9.17) is 0 Å². The molecular weight excluding hydrogens is 474 g/mol. The van der Waals surface area contributed by atoms with Crippen LogP contribution in [0.1, 0.15) is 73.6 Å². The fraction of sp³-hybridized carbons (Fsp3) is 0.467. The van der Waals surface area contributed by atoms with Gasteiger partial charge >= 0.3 is 0 Å². The number of aromatic nitrogens is 5. The molecule has 3 heterocycles. The molecule has 0 amide bonds. The number of tetrazole rings is 1. The number of benzene rings is 2. The summed E-state index contributed by atoms with van der Waals surface area (Å²) in [6, 6.07) is 19.0. The van der Waals surface area contributed by atoms with Crippen molar-refractivity contribution in [3.63, 3.8) is 0 Å². The molecule has 0 unspecified atom stereocenters. The molecule has 1 saturated heterocycles. The number of aryl methyl sites for hydroxylation is 1. The Morgan fingerprint density at radius 1 is 0.947 bits per heavy atom. The van der Waals surface area contributed by atoms with Crippen molar-refractivity contribution in [3.05, 3.63) is 87.5 Å². The molecule has 0 spiro atoms. The lowest BCUT2D eigenvalue weighted by atomic mass is 9.95. The van der Waals surface area contributed by atoms with Gasteiger partial charge in [0, 0.05) is 43.8 Å². The summed E-state index contributed by atoms with van der Waals surface area (Å²) in [5, 5.41) is 14.3. The molecule has 8 heteroatoms. The molecule has 1 atom stereocenters. The second kappa shape index (κ2) is 11.2.